The summed E-state index contributed by atoms with van der Waals surface area (Å²) < 4.78 is 16.9. The van der Waals surface area contributed by atoms with E-state index in [9.17, 15) is 14.4 Å². The number of carbonyl (C=O) groups is 3. The molecule has 1 amide bonds. The average Bonchev–Trinajstić information content (AvgIpc) is 2.77. The Bertz CT molecular complexity index is 974. The van der Waals surface area contributed by atoms with Gasteiger partial charge in [0.25, 0.3) is 0 Å². The molecule has 0 fully saturated rings. The lowest BCUT2D eigenvalue weighted by Gasteiger charge is -2.32. The smallest absolute Gasteiger partial charge is 0.415 e. The van der Waals surface area contributed by atoms with Gasteiger partial charge in [-0.05, 0) is 60.6 Å². The molecule has 8 heteroatoms. The molecule has 0 aromatic heterocycles. The molecule has 0 unspecified atom stereocenters. The number of likely N-dealkylation sites (N-methyl/N-ethyl adjacent to an activating group) is 2. The molecule has 0 spiro atoms. The van der Waals surface area contributed by atoms with E-state index in [2.05, 4.69) is 27.4 Å². The zero-order valence-corrected chi connectivity index (χ0v) is 25.5. The molecular weight excluding hydrogens is 484 g/mol. The van der Waals surface area contributed by atoms with Crippen molar-refractivity contribution in [1.29, 1.82) is 0 Å². The lowest BCUT2D eigenvalue weighted by Crippen LogP contribution is -2.38. The van der Waals surface area contributed by atoms with Crippen molar-refractivity contribution in [3.8, 4) is 5.75 Å². The normalized spacial score (nSPS) is 12.0. The van der Waals surface area contributed by atoms with Crippen LogP contribution in [0.15, 0.2) is 24.4 Å². The van der Waals surface area contributed by atoms with Crippen LogP contribution >= 0.6 is 0 Å². The van der Waals surface area contributed by atoms with E-state index in [0.717, 1.165) is 11.3 Å². The molecule has 0 bridgehead atoms. The Labute approximate surface area is 229 Å². The standard InChI is InChI=1S/C30H48N2O6/c1-20-16-22(18-36-25(33)29(6,7)8)24(23(17-20)19-37-26(34)30(9,10)11)38-27(35)32(13)15-14-31(12)21(2)28(3,4)5/h16-17H,2,14-15,18-19H2,1,3-13H3. The van der Waals surface area contributed by atoms with Gasteiger partial charge in [0.15, 0.2) is 0 Å². The molecule has 8 nitrogen and oxygen atoms in total. The second-order valence-corrected chi connectivity index (χ2v) is 13.0. The maximum Gasteiger partial charge on any atom is 0.415 e. The Balaban J connectivity index is 3.21. The number of nitrogens with zero attached hydrogens (tertiary/aromatic N) is 2. The summed E-state index contributed by atoms with van der Waals surface area (Å²) in [6.07, 6.45) is -0.574. The van der Waals surface area contributed by atoms with Crippen LogP contribution < -0.4 is 4.74 Å². The lowest BCUT2D eigenvalue weighted by molar-refractivity contribution is -0.154. The second-order valence-electron chi connectivity index (χ2n) is 13.0. The highest BCUT2D eigenvalue weighted by Gasteiger charge is 2.27. The number of rotatable bonds is 9. The van der Waals surface area contributed by atoms with Crippen LogP contribution in [0.3, 0.4) is 0 Å². The maximum absolute atomic E-state index is 13.1. The van der Waals surface area contributed by atoms with Crippen molar-refractivity contribution in [3.05, 3.63) is 41.1 Å². The van der Waals surface area contributed by atoms with Gasteiger partial charge in [-0.1, -0.05) is 32.9 Å². The fraction of sp³-hybridized carbons (Fsp3) is 0.633. The van der Waals surface area contributed by atoms with Gasteiger partial charge >= 0.3 is 18.0 Å². The number of aryl methyl sites for hydroxylation is 1. The van der Waals surface area contributed by atoms with Crippen molar-refractivity contribution >= 4 is 18.0 Å². The van der Waals surface area contributed by atoms with Crippen LogP contribution in [0.4, 0.5) is 4.79 Å². The number of amides is 1. The van der Waals surface area contributed by atoms with E-state index < -0.39 is 16.9 Å². The number of ether oxygens (including phenoxy) is 3. The van der Waals surface area contributed by atoms with Crippen molar-refractivity contribution in [2.24, 2.45) is 16.2 Å². The van der Waals surface area contributed by atoms with Gasteiger partial charge < -0.3 is 24.0 Å². The Hall–Kier alpha value is -3.03. The molecule has 0 saturated carbocycles. The number of hydrogen-bond acceptors (Lipinski definition) is 7. The summed E-state index contributed by atoms with van der Waals surface area (Å²) in [5, 5.41) is 0. The van der Waals surface area contributed by atoms with E-state index in [1.807, 2.05) is 18.9 Å². The van der Waals surface area contributed by atoms with Crippen molar-refractivity contribution in [2.45, 2.75) is 82.5 Å². The minimum absolute atomic E-state index is 0.0848. The molecule has 214 valence electrons. The van der Waals surface area contributed by atoms with E-state index in [0.29, 0.717) is 24.2 Å². The number of benzene rings is 1. The van der Waals surface area contributed by atoms with Crippen LogP contribution in [-0.4, -0.2) is 55.0 Å². The summed E-state index contributed by atoms with van der Waals surface area (Å²) in [7, 11) is 3.60. The Morgan fingerprint density at radius 2 is 1.13 bits per heavy atom. The predicted octanol–water partition coefficient (Wildman–Crippen LogP) is 6.10. The fourth-order valence-corrected chi connectivity index (χ4v) is 3.26. The third-order valence-electron chi connectivity index (χ3n) is 5.93. The van der Waals surface area contributed by atoms with Crippen LogP contribution in [0.5, 0.6) is 5.75 Å². The molecule has 0 aliphatic carbocycles. The summed E-state index contributed by atoms with van der Waals surface area (Å²) in [4.78, 5) is 41.5. The Kier molecular flexibility index (Phi) is 11.0. The van der Waals surface area contributed by atoms with Gasteiger partial charge in [0.05, 0.1) is 10.8 Å². The van der Waals surface area contributed by atoms with E-state index in [1.165, 1.54) is 4.90 Å². The number of hydrogen-bond donors (Lipinski definition) is 0. The van der Waals surface area contributed by atoms with Crippen LogP contribution in [0, 0.1) is 23.2 Å². The average molecular weight is 533 g/mol. The molecule has 1 aromatic rings. The van der Waals surface area contributed by atoms with E-state index in [4.69, 9.17) is 14.2 Å². The molecule has 38 heavy (non-hydrogen) atoms. The number of allylic oxidation sites excluding steroid dienone is 1. The summed E-state index contributed by atoms with van der Waals surface area (Å²) in [5.74, 6) is -0.532. The monoisotopic (exact) mass is 532 g/mol. The number of carbonyl (C=O) groups excluding carboxylic acids is 3. The molecule has 0 radical (unpaired) electrons. The minimum Gasteiger partial charge on any atom is -0.460 e. The summed E-state index contributed by atoms with van der Waals surface area (Å²) in [6, 6.07) is 3.60. The Morgan fingerprint density at radius 1 is 0.737 bits per heavy atom. The predicted molar refractivity (Wildman–Crippen MR) is 150 cm³/mol. The maximum atomic E-state index is 13.1. The van der Waals surface area contributed by atoms with Crippen molar-refractivity contribution in [2.75, 3.05) is 27.2 Å². The first kappa shape index (κ1) is 33.0. The van der Waals surface area contributed by atoms with Gasteiger partial charge in [0, 0.05) is 49.4 Å². The molecule has 0 aliphatic rings. The van der Waals surface area contributed by atoms with Gasteiger partial charge in [-0.2, -0.15) is 0 Å². The number of esters is 2. The first-order chi connectivity index (χ1) is 17.1. The highest BCUT2D eigenvalue weighted by atomic mass is 16.6. The van der Waals surface area contributed by atoms with Crippen LogP contribution in [0.25, 0.3) is 0 Å². The van der Waals surface area contributed by atoms with Gasteiger partial charge in [-0.25, -0.2) is 4.79 Å². The van der Waals surface area contributed by atoms with Crippen LogP contribution in [0.1, 0.15) is 79.0 Å². The van der Waals surface area contributed by atoms with Crippen molar-refractivity contribution < 1.29 is 28.6 Å². The summed E-state index contributed by atoms with van der Waals surface area (Å²) >= 11 is 0. The summed E-state index contributed by atoms with van der Waals surface area (Å²) in [6.45, 7) is 23.7. The van der Waals surface area contributed by atoms with Gasteiger partial charge in [-0.15, -0.1) is 0 Å². The van der Waals surface area contributed by atoms with E-state index in [1.54, 1.807) is 60.7 Å². The second kappa shape index (κ2) is 12.7. The quantitative estimate of drug-likeness (QED) is 0.356. The van der Waals surface area contributed by atoms with Crippen LogP contribution in [0.2, 0.25) is 0 Å². The van der Waals surface area contributed by atoms with Gasteiger partial charge in [-0.3, -0.25) is 9.59 Å². The zero-order valence-electron chi connectivity index (χ0n) is 25.5. The molecule has 0 N–H and O–H groups in total. The molecule has 1 aromatic carbocycles. The third kappa shape index (κ3) is 10.0. The fourth-order valence-electron chi connectivity index (χ4n) is 3.26. The zero-order chi connectivity index (χ0) is 29.6. The molecule has 0 atom stereocenters. The SMILES string of the molecule is C=C(N(C)CCN(C)C(=O)Oc1c(COC(=O)C(C)(C)C)cc(C)cc1COC(=O)C(C)(C)C)C(C)(C)C. The van der Waals surface area contributed by atoms with Gasteiger partial charge in [0.1, 0.15) is 19.0 Å². The third-order valence-corrected chi connectivity index (χ3v) is 5.93. The van der Waals surface area contributed by atoms with E-state index in [-0.39, 0.29) is 36.3 Å². The van der Waals surface area contributed by atoms with Gasteiger partial charge in [0.2, 0.25) is 0 Å². The minimum atomic E-state index is -0.685. The highest BCUT2D eigenvalue weighted by molar-refractivity contribution is 5.76. The topological polar surface area (TPSA) is 85.4 Å². The highest BCUT2D eigenvalue weighted by Crippen LogP contribution is 2.30. The molecule has 1 rings (SSSR count). The summed E-state index contributed by atoms with van der Waals surface area (Å²) in [5.41, 5.74) is 1.39. The first-order valence-corrected chi connectivity index (χ1v) is 12.9. The molecular formula is C30H48N2O6. The molecule has 0 aliphatic heterocycles. The van der Waals surface area contributed by atoms with Crippen molar-refractivity contribution in [1.82, 2.24) is 9.80 Å². The largest absolute Gasteiger partial charge is 0.460 e. The molecule has 0 heterocycles. The lowest BCUT2D eigenvalue weighted by atomic mass is 9.92. The Morgan fingerprint density at radius 3 is 1.50 bits per heavy atom. The van der Waals surface area contributed by atoms with E-state index >= 15 is 0 Å². The van der Waals surface area contributed by atoms with Crippen molar-refractivity contribution in [3.63, 3.8) is 0 Å². The first-order valence-electron chi connectivity index (χ1n) is 12.9. The molecule has 0 saturated heterocycles. The van der Waals surface area contributed by atoms with Crippen LogP contribution in [-0.2, 0) is 32.3 Å².